The lowest BCUT2D eigenvalue weighted by Gasteiger charge is -2.07. The summed E-state index contributed by atoms with van der Waals surface area (Å²) in [6, 6.07) is 12.9. The van der Waals surface area contributed by atoms with Crippen molar-refractivity contribution in [3.8, 4) is 11.1 Å². The monoisotopic (exact) mass is 491 g/mol. The van der Waals surface area contributed by atoms with E-state index in [0.29, 0.717) is 22.9 Å². The van der Waals surface area contributed by atoms with Crippen LogP contribution in [0.2, 0.25) is 5.02 Å². The molecule has 1 aromatic carbocycles. The number of rotatable bonds is 4. The SMILES string of the molecule is Cc1[nH]n2c(=O)cc(CNc3ccccn3)nc2c1-c1ccc(I)cc1Cl. The maximum Gasteiger partial charge on any atom is 0.272 e. The number of aromatic nitrogens is 4. The smallest absolute Gasteiger partial charge is 0.272 e. The molecule has 0 aliphatic carbocycles. The fraction of sp³-hybridized carbons (Fsp3) is 0.105. The molecule has 4 aromatic rings. The van der Waals surface area contributed by atoms with Crippen molar-refractivity contribution < 1.29 is 0 Å². The van der Waals surface area contributed by atoms with E-state index < -0.39 is 0 Å². The molecule has 0 radical (unpaired) electrons. The summed E-state index contributed by atoms with van der Waals surface area (Å²) in [5, 5.41) is 6.89. The molecular weight excluding hydrogens is 477 g/mol. The van der Waals surface area contributed by atoms with Crippen molar-refractivity contribution in [1.29, 1.82) is 0 Å². The predicted octanol–water partition coefficient (Wildman–Crippen LogP) is 4.26. The number of benzene rings is 1. The summed E-state index contributed by atoms with van der Waals surface area (Å²) in [4.78, 5) is 21.5. The van der Waals surface area contributed by atoms with Crippen LogP contribution in [0.3, 0.4) is 0 Å². The van der Waals surface area contributed by atoms with Crippen LogP contribution in [-0.2, 0) is 6.54 Å². The minimum atomic E-state index is -0.172. The van der Waals surface area contributed by atoms with Crippen molar-refractivity contribution in [3.05, 3.63) is 79.0 Å². The number of anilines is 1. The number of H-pyrrole nitrogens is 1. The van der Waals surface area contributed by atoms with Gasteiger partial charge in [-0.3, -0.25) is 9.89 Å². The summed E-state index contributed by atoms with van der Waals surface area (Å²) in [7, 11) is 0. The Labute approximate surface area is 173 Å². The highest BCUT2D eigenvalue weighted by Gasteiger charge is 2.17. The van der Waals surface area contributed by atoms with Crippen LogP contribution in [0.5, 0.6) is 0 Å². The Morgan fingerprint density at radius 3 is 2.85 bits per heavy atom. The Morgan fingerprint density at radius 2 is 2.11 bits per heavy atom. The molecule has 4 rings (SSSR count). The van der Waals surface area contributed by atoms with E-state index >= 15 is 0 Å². The van der Waals surface area contributed by atoms with E-state index in [1.54, 1.807) is 6.20 Å². The quantitative estimate of drug-likeness (QED) is 0.418. The van der Waals surface area contributed by atoms with Gasteiger partial charge in [-0.2, -0.15) is 0 Å². The number of pyridine rings is 1. The number of hydrogen-bond acceptors (Lipinski definition) is 4. The third kappa shape index (κ3) is 3.57. The molecule has 0 bridgehead atoms. The minimum absolute atomic E-state index is 0.172. The lowest BCUT2D eigenvalue weighted by Crippen LogP contribution is -2.17. The fourth-order valence-corrected chi connectivity index (χ4v) is 3.90. The summed E-state index contributed by atoms with van der Waals surface area (Å²) in [6.07, 6.45) is 1.71. The van der Waals surface area contributed by atoms with Gasteiger partial charge in [0.25, 0.3) is 5.56 Å². The molecular formula is C19H15ClIN5O. The molecule has 0 aliphatic heterocycles. The zero-order valence-corrected chi connectivity index (χ0v) is 17.2. The molecule has 0 amide bonds. The number of aromatic amines is 1. The molecule has 2 N–H and O–H groups in total. The first-order valence-electron chi connectivity index (χ1n) is 8.24. The van der Waals surface area contributed by atoms with Crippen molar-refractivity contribution in [2.24, 2.45) is 0 Å². The first-order chi connectivity index (χ1) is 13.0. The lowest BCUT2D eigenvalue weighted by atomic mass is 10.1. The lowest BCUT2D eigenvalue weighted by molar-refractivity contribution is 0.863. The van der Waals surface area contributed by atoms with Crippen LogP contribution in [0.25, 0.3) is 16.8 Å². The molecule has 27 heavy (non-hydrogen) atoms. The van der Waals surface area contributed by atoms with Crippen molar-refractivity contribution in [2.75, 3.05) is 5.32 Å². The number of hydrogen-bond donors (Lipinski definition) is 2. The van der Waals surface area contributed by atoms with Gasteiger partial charge in [0.05, 0.1) is 12.2 Å². The average Bonchev–Trinajstić information content (AvgIpc) is 2.98. The molecule has 0 unspecified atom stereocenters. The molecule has 0 aliphatic rings. The average molecular weight is 492 g/mol. The van der Waals surface area contributed by atoms with Crippen molar-refractivity contribution in [1.82, 2.24) is 19.6 Å². The maximum absolute atomic E-state index is 12.6. The molecule has 6 nitrogen and oxygen atoms in total. The van der Waals surface area contributed by atoms with Crippen LogP contribution in [0.15, 0.2) is 53.5 Å². The van der Waals surface area contributed by atoms with Gasteiger partial charge in [0.2, 0.25) is 0 Å². The number of nitrogens with one attached hydrogen (secondary N) is 2. The van der Waals surface area contributed by atoms with Crippen LogP contribution in [0, 0.1) is 10.5 Å². The van der Waals surface area contributed by atoms with Crippen LogP contribution in [0.4, 0.5) is 5.82 Å². The molecule has 8 heteroatoms. The van der Waals surface area contributed by atoms with Gasteiger partial charge in [0, 0.05) is 37.7 Å². The second kappa shape index (κ2) is 7.32. The van der Waals surface area contributed by atoms with Crippen molar-refractivity contribution in [2.45, 2.75) is 13.5 Å². The van der Waals surface area contributed by atoms with Crippen LogP contribution >= 0.6 is 34.2 Å². The largest absolute Gasteiger partial charge is 0.364 e. The molecule has 3 heterocycles. The number of aryl methyl sites for hydroxylation is 1. The molecule has 136 valence electrons. The topological polar surface area (TPSA) is 75.1 Å². The number of nitrogens with zero attached hydrogens (tertiary/aromatic N) is 3. The van der Waals surface area contributed by atoms with Gasteiger partial charge in [0.1, 0.15) is 5.82 Å². The molecule has 0 saturated carbocycles. The summed E-state index contributed by atoms with van der Waals surface area (Å²) in [5.41, 5.74) is 3.52. The van der Waals surface area contributed by atoms with Crippen molar-refractivity contribution >= 4 is 45.7 Å². The fourth-order valence-electron chi connectivity index (χ4n) is 2.95. The Bertz CT molecular complexity index is 1190. The first-order valence-corrected chi connectivity index (χ1v) is 9.70. The highest BCUT2D eigenvalue weighted by molar-refractivity contribution is 14.1. The predicted molar refractivity (Wildman–Crippen MR) is 115 cm³/mol. The van der Waals surface area contributed by atoms with E-state index in [2.05, 4.69) is 38.0 Å². The Kier molecular flexibility index (Phi) is 4.88. The van der Waals surface area contributed by atoms with E-state index in [0.717, 1.165) is 26.2 Å². The zero-order chi connectivity index (χ0) is 19.0. The maximum atomic E-state index is 12.6. The standard InChI is InChI=1S/C19H15ClIN5O/c1-11-18(14-6-5-12(21)8-15(14)20)19-24-13(9-17(27)26(19)25-11)10-23-16-4-2-3-7-22-16/h2-9,25H,10H2,1H3,(H,22,23). The number of fused-ring (bicyclic) bond motifs is 1. The van der Waals surface area contributed by atoms with Gasteiger partial charge in [-0.15, -0.1) is 0 Å². The van der Waals surface area contributed by atoms with Crippen LogP contribution in [-0.4, -0.2) is 19.6 Å². The van der Waals surface area contributed by atoms with E-state index in [-0.39, 0.29) is 5.56 Å². The first kappa shape index (κ1) is 18.0. The van der Waals surface area contributed by atoms with E-state index in [1.165, 1.54) is 10.6 Å². The van der Waals surface area contributed by atoms with Gasteiger partial charge in [-0.25, -0.2) is 14.5 Å². The third-order valence-electron chi connectivity index (χ3n) is 4.17. The van der Waals surface area contributed by atoms with E-state index in [1.807, 2.05) is 43.3 Å². The van der Waals surface area contributed by atoms with Gasteiger partial charge in [-0.1, -0.05) is 23.7 Å². The Morgan fingerprint density at radius 1 is 1.26 bits per heavy atom. The normalized spacial score (nSPS) is 11.1. The molecule has 0 atom stereocenters. The zero-order valence-electron chi connectivity index (χ0n) is 14.3. The Balaban J connectivity index is 1.80. The summed E-state index contributed by atoms with van der Waals surface area (Å²) < 4.78 is 2.49. The summed E-state index contributed by atoms with van der Waals surface area (Å²) in [5.74, 6) is 0.727. The van der Waals surface area contributed by atoms with Gasteiger partial charge < -0.3 is 5.32 Å². The highest BCUT2D eigenvalue weighted by atomic mass is 127. The minimum Gasteiger partial charge on any atom is -0.364 e. The summed E-state index contributed by atoms with van der Waals surface area (Å²) >= 11 is 8.68. The third-order valence-corrected chi connectivity index (χ3v) is 5.15. The van der Waals surface area contributed by atoms with Crippen LogP contribution in [0.1, 0.15) is 11.4 Å². The second-order valence-electron chi connectivity index (χ2n) is 6.05. The van der Waals surface area contributed by atoms with E-state index in [4.69, 9.17) is 16.6 Å². The van der Waals surface area contributed by atoms with Gasteiger partial charge in [0.15, 0.2) is 5.65 Å². The Hall–Kier alpha value is -2.39. The van der Waals surface area contributed by atoms with E-state index in [9.17, 15) is 4.79 Å². The van der Waals surface area contributed by atoms with Gasteiger partial charge in [-0.05, 0) is 53.8 Å². The second-order valence-corrected chi connectivity index (χ2v) is 7.70. The molecule has 0 fully saturated rings. The summed E-state index contributed by atoms with van der Waals surface area (Å²) in [6.45, 7) is 2.30. The van der Waals surface area contributed by atoms with Gasteiger partial charge >= 0.3 is 0 Å². The number of halogens is 2. The molecule has 0 saturated heterocycles. The van der Waals surface area contributed by atoms with Crippen molar-refractivity contribution in [3.63, 3.8) is 0 Å². The molecule has 0 spiro atoms. The van der Waals surface area contributed by atoms with Crippen LogP contribution < -0.4 is 10.9 Å². The highest BCUT2D eigenvalue weighted by Crippen LogP contribution is 2.33. The molecule has 3 aromatic heterocycles.